The Hall–Kier alpha value is -3.62. The Morgan fingerprint density at radius 1 is 1.19 bits per heavy atom. The lowest BCUT2D eigenvalue weighted by Gasteiger charge is -2.22. The lowest BCUT2D eigenvalue weighted by Crippen LogP contribution is -2.21. The maximum Gasteiger partial charge on any atom is 0.387 e. The van der Waals surface area contributed by atoms with Crippen molar-refractivity contribution in [3.63, 3.8) is 0 Å². The first-order chi connectivity index (χ1) is 14.9. The van der Waals surface area contributed by atoms with Crippen LogP contribution in [0.25, 0.3) is 6.08 Å². The van der Waals surface area contributed by atoms with E-state index in [-0.39, 0.29) is 22.6 Å². The molecule has 2 aromatic rings. The molecule has 1 heterocycles. The standard InChI is InChI=1S/C22H23F2N3O4/c1-30-18-6-4-5-14(20(18)31-22(23)24)8-10-19(28)26-16-13-15(21(25)29)7-9-17(16)27-11-2-3-12-27/h4-10,13,22H,2-3,11-12H2,1H3,(H2,25,29)(H,26,28)/b10-8+. The van der Waals surface area contributed by atoms with Gasteiger partial charge >= 0.3 is 6.61 Å². The van der Waals surface area contributed by atoms with Crippen molar-refractivity contribution in [2.75, 3.05) is 30.4 Å². The normalized spacial score (nSPS) is 13.6. The van der Waals surface area contributed by atoms with Crippen LogP contribution in [0.5, 0.6) is 11.5 Å². The molecule has 0 bridgehead atoms. The van der Waals surface area contributed by atoms with Crippen molar-refractivity contribution in [1.29, 1.82) is 0 Å². The largest absolute Gasteiger partial charge is 0.493 e. The van der Waals surface area contributed by atoms with E-state index in [0.717, 1.165) is 31.6 Å². The van der Waals surface area contributed by atoms with Gasteiger partial charge in [0.25, 0.3) is 0 Å². The predicted octanol–water partition coefficient (Wildman–Crippen LogP) is 3.65. The molecule has 164 valence electrons. The summed E-state index contributed by atoms with van der Waals surface area (Å²) in [5.74, 6) is -1.16. The summed E-state index contributed by atoms with van der Waals surface area (Å²) >= 11 is 0. The molecule has 0 saturated carbocycles. The molecule has 7 nitrogen and oxygen atoms in total. The van der Waals surface area contributed by atoms with Gasteiger partial charge in [0, 0.05) is 30.3 Å². The van der Waals surface area contributed by atoms with Gasteiger partial charge in [-0.05, 0) is 43.2 Å². The van der Waals surface area contributed by atoms with Gasteiger partial charge in [0.15, 0.2) is 11.5 Å². The maximum absolute atomic E-state index is 12.8. The number of primary amides is 1. The van der Waals surface area contributed by atoms with E-state index < -0.39 is 18.4 Å². The second-order valence-corrected chi connectivity index (χ2v) is 6.87. The highest BCUT2D eigenvalue weighted by Crippen LogP contribution is 2.34. The van der Waals surface area contributed by atoms with E-state index in [0.29, 0.717) is 5.69 Å². The van der Waals surface area contributed by atoms with Gasteiger partial charge in [-0.25, -0.2) is 0 Å². The van der Waals surface area contributed by atoms with E-state index in [4.69, 9.17) is 10.5 Å². The molecule has 1 saturated heterocycles. The molecule has 1 aliphatic heterocycles. The van der Waals surface area contributed by atoms with Crippen LogP contribution in [0.4, 0.5) is 20.2 Å². The zero-order valence-corrected chi connectivity index (χ0v) is 16.9. The molecule has 2 aromatic carbocycles. The fourth-order valence-corrected chi connectivity index (χ4v) is 3.40. The first-order valence-corrected chi connectivity index (χ1v) is 9.68. The number of carbonyl (C=O) groups excluding carboxylic acids is 2. The molecule has 0 atom stereocenters. The van der Waals surface area contributed by atoms with Crippen LogP contribution in [-0.4, -0.2) is 38.6 Å². The average molecular weight is 431 g/mol. The number of amides is 2. The first-order valence-electron chi connectivity index (χ1n) is 9.68. The maximum atomic E-state index is 12.8. The molecule has 2 amide bonds. The predicted molar refractivity (Wildman–Crippen MR) is 114 cm³/mol. The van der Waals surface area contributed by atoms with Gasteiger partial charge in [-0.1, -0.05) is 12.1 Å². The Labute approximate surface area is 178 Å². The number of para-hydroxylation sites is 1. The highest BCUT2D eigenvalue weighted by molar-refractivity contribution is 6.05. The summed E-state index contributed by atoms with van der Waals surface area (Å²) in [5, 5.41) is 2.75. The van der Waals surface area contributed by atoms with Gasteiger partial charge < -0.3 is 25.4 Å². The fraction of sp³-hybridized carbons (Fsp3) is 0.273. The van der Waals surface area contributed by atoms with Crippen LogP contribution in [0.15, 0.2) is 42.5 Å². The van der Waals surface area contributed by atoms with Gasteiger partial charge in [-0.2, -0.15) is 8.78 Å². The molecular weight excluding hydrogens is 408 g/mol. The zero-order valence-electron chi connectivity index (χ0n) is 16.9. The molecule has 31 heavy (non-hydrogen) atoms. The second kappa shape index (κ2) is 9.92. The Bertz CT molecular complexity index is 989. The minimum atomic E-state index is -3.04. The number of alkyl halides is 2. The number of nitrogens with zero attached hydrogens (tertiary/aromatic N) is 1. The summed E-state index contributed by atoms with van der Waals surface area (Å²) in [6.07, 6.45) is 4.61. The molecule has 1 aliphatic rings. The van der Waals surface area contributed by atoms with E-state index in [1.807, 2.05) is 0 Å². The van der Waals surface area contributed by atoms with Crippen LogP contribution in [0, 0.1) is 0 Å². The number of ether oxygens (including phenoxy) is 2. The third-order valence-electron chi connectivity index (χ3n) is 4.84. The van der Waals surface area contributed by atoms with Crippen molar-refractivity contribution in [1.82, 2.24) is 0 Å². The third kappa shape index (κ3) is 5.50. The van der Waals surface area contributed by atoms with Crippen LogP contribution < -0.4 is 25.4 Å². The number of halogens is 2. The Kier molecular flexibility index (Phi) is 7.07. The number of hydrogen-bond acceptors (Lipinski definition) is 5. The van der Waals surface area contributed by atoms with Crippen molar-refractivity contribution in [2.45, 2.75) is 19.5 Å². The number of benzene rings is 2. The van der Waals surface area contributed by atoms with Gasteiger partial charge in [-0.15, -0.1) is 0 Å². The summed E-state index contributed by atoms with van der Waals surface area (Å²) in [6, 6.07) is 9.49. The van der Waals surface area contributed by atoms with Gasteiger partial charge in [-0.3, -0.25) is 9.59 Å². The minimum absolute atomic E-state index is 0.119. The summed E-state index contributed by atoms with van der Waals surface area (Å²) in [6.45, 7) is -1.36. The molecule has 1 fully saturated rings. The van der Waals surface area contributed by atoms with Crippen molar-refractivity contribution in [3.05, 3.63) is 53.6 Å². The number of nitrogens with two attached hydrogens (primary N) is 1. The van der Waals surface area contributed by atoms with Crippen LogP contribution >= 0.6 is 0 Å². The summed E-state index contributed by atoms with van der Waals surface area (Å²) in [7, 11) is 1.33. The Morgan fingerprint density at radius 3 is 2.58 bits per heavy atom. The molecule has 0 aliphatic carbocycles. The Balaban J connectivity index is 1.84. The average Bonchev–Trinajstić information content (AvgIpc) is 3.27. The van der Waals surface area contributed by atoms with Crippen LogP contribution in [0.2, 0.25) is 0 Å². The van der Waals surface area contributed by atoms with Crippen LogP contribution in [0.3, 0.4) is 0 Å². The Morgan fingerprint density at radius 2 is 1.94 bits per heavy atom. The van der Waals surface area contributed by atoms with Crippen molar-refractivity contribution >= 4 is 29.3 Å². The van der Waals surface area contributed by atoms with Crippen molar-refractivity contribution < 1.29 is 27.8 Å². The molecular formula is C22H23F2N3O4. The van der Waals surface area contributed by atoms with Gasteiger partial charge in [0.2, 0.25) is 11.8 Å². The molecule has 0 aromatic heterocycles. The summed E-state index contributed by atoms with van der Waals surface area (Å²) < 4.78 is 35.2. The SMILES string of the molecule is COc1cccc(/C=C/C(=O)Nc2cc(C(N)=O)ccc2N2CCCC2)c1OC(F)F. The molecule has 0 unspecified atom stereocenters. The van der Waals surface area contributed by atoms with Crippen molar-refractivity contribution in [3.8, 4) is 11.5 Å². The first kappa shape index (κ1) is 22.1. The van der Waals surface area contributed by atoms with Crippen LogP contribution in [-0.2, 0) is 4.79 Å². The third-order valence-corrected chi connectivity index (χ3v) is 4.84. The van der Waals surface area contributed by atoms with E-state index in [1.165, 1.54) is 37.5 Å². The van der Waals surface area contributed by atoms with E-state index >= 15 is 0 Å². The lowest BCUT2D eigenvalue weighted by atomic mass is 10.1. The quantitative estimate of drug-likeness (QED) is 0.623. The highest BCUT2D eigenvalue weighted by atomic mass is 19.3. The molecule has 9 heteroatoms. The monoisotopic (exact) mass is 431 g/mol. The van der Waals surface area contributed by atoms with Gasteiger partial charge in [0.05, 0.1) is 18.5 Å². The number of carbonyl (C=O) groups is 2. The number of rotatable bonds is 8. The smallest absolute Gasteiger partial charge is 0.387 e. The topological polar surface area (TPSA) is 93.9 Å². The zero-order chi connectivity index (χ0) is 22.4. The number of nitrogens with one attached hydrogen (secondary N) is 1. The highest BCUT2D eigenvalue weighted by Gasteiger charge is 2.18. The number of methoxy groups -OCH3 is 1. The molecule has 0 spiro atoms. The van der Waals surface area contributed by atoms with E-state index in [9.17, 15) is 18.4 Å². The van der Waals surface area contributed by atoms with Crippen molar-refractivity contribution in [2.24, 2.45) is 5.73 Å². The molecule has 3 N–H and O–H groups in total. The minimum Gasteiger partial charge on any atom is -0.493 e. The van der Waals surface area contributed by atoms with E-state index in [1.54, 1.807) is 18.2 Å². The molecule has 0 radical (unpaired) electrons. The van der Waals surface area contributed by atoms with Crippen LogP contribution in [0.1, 0.15) is 28.8 Å². The lowest BCUT2D eigenvalue weighted by molar-refractivity contribution is -0.111. The second-order valence-electron chi connectivity index (χ2n) is 6.87. The summed E-state index contributed by atoms with van der Waals surface area (Å²) in [4.78, 5) is 26.2. The number of hydrogen-bond donors (Lipinski definition) is 2. The fourth-order valence-electron chi connectivity index (χ4n) is 3.40. The van der Waals surface area contributed by atoms with E-state index in [2.05, 4.69) is 15.0 Å². The summed E-state index contributed by atoms with van der Waals surface area (Å²) in [5.41, 5.74) is 7.12. The molecule has 3 rings (SSSR count). The van der Waals surface area contributed by atoms with Gasteiger partial charge in [0.1, 0.15) is 0 Å². The number of anilines is 2.